The summed E-state index contributed by atoms with van der Waals surface area (Å²) in [5.41, 5.74) is 0.978. The summed E-state index contributed by atoms with van der Waals surface area (Å²) in [4.78, 5) is 0. The van der Waals surface area contributed by atoms with Crippen LogP contribution in [-0.4, -0.2) is 19.5 Å². The smallest absolute Gasteiger partial charge is 0.250 e. The van der Waals surface area contributed by atoms with Crippen LogP contribution in [0, 0.1) is 0 Å². The van der Waals surface area contributed by atoms with E-state index in [1.165, 1.54) is 0 Å². The molecule has 0 bridgehead atoms. The van der Waals surface area contributed by atoms with Crippen LogP contribution in [0.2, 0.25) is 10.0 Å². The first-order valence-corrected chi connectivity index (χ1v) is 5.28. The molecule has 0 aliphatic rings. The predicted molar refractivity (Wildman–Crippen MR) is 59.0 cm³/mol. The van der Waals surface area contributed by atoms with Gasteiger partial charge in [0, 0.05) is 0 Å². The monoisotopic (exact) mass is 253 g/mol. The van der Waals surface area contributed by atoms with Crippen LogP contribution in [0.5, 0.6) is 0 Å². The fourth-order valence-corrected chi connectivity index (χ4v) is 1.46. The van der Waals surface area contributed by atoms with Crippen molar-refractivity contribution in [2.24, 2.45) is 0 Å². The molecule has 0 aromatic heterocycles. The Morgan fingerprint density at radius 2 is 1.93 bits per heavy atom. The van der Waals surface area contributed by atoms with Gasteiger partial charge in [0.2, 0.25) is 0 Å². The fraction of sp³-hybridized carbons (Fsp3) is 0.400. The van der Waals surface area contributed by atoms with E-state index in [1.54, 1.807) is 12.1 Å². The highest BCUT2D eigenvalue weighted by Crippen LogP contribution is 2.22. The maximum absolute atomic E-state index is 11.8. The van der Waals surface area contributed by atoms with E-state index in [1.807, 2.05) is 6.07 Å². The van der Waals surface area contributed by atoms with E-state index in [-0.39, 0.29) is 6.54 Å². The minimum Gasteiger partial charge on any atom is -0.311 e. The zero-order valence-corrected chi connectivity index (χ0v) is 9.45. The van der Waals surface area contributed by atoms with Crippen LogP contribution in [0.4, 0.5) is 8.78 Å². The van der Waals surface area contributed by atoms with E-state index in [0.29, 0.717) is 23.0 Å². The Balaban J connectivity index is 2.35. The van der Waals surface area contributed by atoms with Gasteiger partial charge in [-0.2, -0.15) is 0 Å². The summed E-state index contributed by atoms with van der Waals surface area (Å²) >= 11 is 11.5. The Kier molecular flexibility index (Phi) is 5.29. The molecule has 0 saturated carbocycles. The summed E-state index contributed by atoms with van der Waals surface area (Å²) in [6.45, 7) is 0.226. The molecule has 15 heavy (non-hydrogen) atoms. The number of rotatable bonds is 5. The maximum atomic E-state index is 11.8. The van der Waals surface area contributed by atoms with Crippen LogP contribution in [0.15, 0.2) is 18.2 Å². The Labute approximate surface area is 97.4 Å². The van der Waals surface area contributed by atoms with Crippen molar-refractivity contribution >= 4 is 23.2 Å². The molecule has 0 fully saturated rings. The second-order valence-electron chi connectivity index (χ2n) is 3.09. The molecule has 0 saturated heterocycles. The lowest BCUT2D eigenvalue weighted by Crippen LogP contribution is -2.23. The molecule has 1 nitrogen and oxygen atoms in total. The zero-order chi connectivity index (χ0) is 11.3. The highest BCUT2D eigenvalue weighted by molar-refractivity contribution is 6.42. The van der Waals surface area contributed by atoms with Gasteiger partial charge in [0.05, 0.1) is 16.6 Å². The van der Waals surface area contributed by atoms with E-state index in [2.05, 4.69) is 5.32 Å². The highest BCUT2D eigenvalue weighted by Gasteiger charge is 2.02. The van der Waals surface area contributed by atoms with Gasteiger partial charge in [-0.1, -0.05) is 29.3 Å². The zero-order valence-electron chi connectivity index (χ0n) is 7.94. The van der Waals surface area contributed by atoms with Gasteiger partial charge in [0.1, 0.15) is 0 Å². The molecular weight excluding hydrogens is 243 g/mol. The Hall–Kier alpha value is -0.380. The summed E-state index contributed by atoms with van der Waals surface area (Å²) < 4.78 is 23.6. The summed E-state index contributed by atoms with van der Waals surface area (Å²) in [7, 11) is 0. The lowest BCUT2D eigenvalue weighted by molar-refractivity contribution is 0.146. The first-order chi connectivity index (χ1) is 7.09. The number of benzene rings is 1. The van der Waals surface area contributed by atoms with E-state index in [4.69, 9.17) is 23.2 Å². The van der Waals surface area contributed by atoms with Gasteiger partial charge < -0.3 is 5.32 Å². The van der Waals surface area contributed by atoms with E-state index >= 15 is 0 Å². The molecule has 0 amide bonds. The van der Waals surface area contributed by atoms with E-state index in [9.17, 15) is 8.78 Å². The molecule has 0 unspecified atom stereocenters. The summed E-state index contributed by atoms with van der Waals surface area (Å²) in [6.07, 6.45) is -1.65. The Bertz CT molecular complexity index is 318. The SMILES string of the molecule is FC(F)CNCCc1ccc(Cl)c(Cl)c1. The third-order valence-electron chi connectivity index (χ3n) is 1.87. The van der Waals surface area contributed by atoms with Gasteiger partial charge in [-0.05, 0) is 30.7 Å². The number of nitrogens with one attached hydrogen (secondary N) is 1. The van der Waals surface area contributed by atoms with Crippen LogP contribution in [0.25, 0.3) is 0 Å². The van der Waals surface area contributed by atoms with Gasteiger partial charge in [0.15, 0.2) is 0 Å². The topological polar surface area (TPSA) is 12.0 Å². The number of alkyl halides is 2. The second-order valence-corrected chi connectivity index (χ2v) is 3.91. The molecule has 1 aromatic rings. The molecule has 0 spiro atoms. The predicted octanol–water partition coefficient (Wildman–Crippen LogP) is 3.39. The molecule has 0 heterocycles. The summed E-state index contributed by atoms with van der Waals surface area (Å²) in [5, 5.41) is 3.63. The van der Waals surface area contributed by atoms with Crippen LogP contribution in [-0.2, 0) is 6.42 Å². The van der Waals surface area contributed by atoms with E-state index < -0.39 is 6.43 Å². The Morgan fingerprint density at radius 3 is 2.53 bits per heavy atom. The number of hydrogen-bond donors (Lipinski definition) is 1. The van der Waals surface area contributed by atoms with Crippen LogP contribution in [0.3, 0.4) is 0 Å². The maximum Gasteiger partial charge on any atom is 0.250 e. The lowest BCUT2D eigenvalue weighted by atomic mass is 10.1. The standard InChI is InChI=1S/C10H11Cl2F2N/c11-8-2-1-7(5-9(8)12)3-4-15-6-10(13)14/h1-2,5,10,15H,3-4,6H2. The van der Waals surface area contributed by atoms with Gasteiger partial charge in [-0.15, -0.1) is 0 Å². The molecule has 1 rings (SSSR count). The molecule has 84 valence electrons. The van der Waals surface area contributed by atoms with Crippen molar-refractivity contribution in [2.75, 3.05) is 13.1 Å². The first kappa shape index (κ1) is 12.7. The van der Waals surface area contributed by atoms with Crippen molar-refractivity contribution in [3.05, 3.63) is 33.8 Å². The van der Waals surface area contributed by atoms with Crippen molar-refractivity contribution in [1.82, 2.24) is 5.32 Å². The molecule has 1 N–H and O–H groups in total. The largest absolute Gasteiger partial charge is 0.311 e. The Morgan fingerprint density at radius 1 is 1.20 bits per heavy atom. The third-order valence-corrected chi connectivity index (χ3v) is 2.61. The molecule has 0 atom stereocenters. The second kappa shape index (κ2) is 6.26. The molecular formula is C10H11Cl2F2N. The molecule has 1 aromatic carbocycles. The van der Waals surface area contributed by atoms with Crippen molar-refractivity contribution in [3.63, 3.8) is 0 Å². The molecule has 0 aliphatic heterocycles. The first-order valence-electron chi connectivity index (χ1n) is 4.52. The van der Waals surface area contributed by atoms with Crippen LogP contribution < -0.4 is 5.32 Å². The van der Waals surface area contributed by atoms with Gasteiger partial charge in [-0.25, -0.2) is 8.78 Å². The van der Waals surface area contributed by atoms with Gasteiger partial charge in [-0.3, -0.25) is 0 Å². The average Bonchev–Trinajstić information content (AvgIpc) is 2.18. The molecule has 0 radical (unpaired) electrons. The fourth-order valence-electron chi connectivity index (χ4n) is 1.14. The quantitative estimate of drug-likeness (QED) is 0.794. The lowest BCUT2D eigenvalue weighted by Gasteiger charge is -2.05. The minimum absolute atomic E-state index is 0.276. The summed E-state index contributed by atoms with van der Waals surface area (Å²) in [5.74, 6) is 0. The van der Waals surface area contributed by atoms with Crippen molar-refractivity contribution in [3.8, 4) is 0 Å². The molecule has 0 aliphatic carbocycles. The van der Waals surface area contributed by atoms with Crippen molar-refractivity contribution in [2.45, 2.75) is 12.8 Å². The number of halogens is 4. The van der Waals surface area contributed by atoms with Gasteiger partial charge in [0.25, 0.3) is 6.43 Å². The molecule has 5 heteroatoms. The average molecular weight is 254 g/mol. The van der Waals surface area contributed by atoms with Crippen LogP contribution >= 0.6 is 23.2 Å². The van der Waals surface area contributed by atoms with E-state index in [0.717, 1.165) is 5.56 Å². The normalized spacial score (nSPS) is 11.0. The van der Waals surface area contributed by atoms with Crippen molar-refractivity contribution in [1.29, 1.82) is 0 Å². The summed E-state index contributed by atoms with van der Waals surface area (Å²) in [6, 6.07) is 5.28. The minimum atomic E-state index is -2.31. The van der Waals surface area contributed by atoms with Crippen molar-refractivity contribution < 1.29 is 8.78 Å². The number of hydrogen-bond acceptors (Lipinski definition) is 1. The van der Waals surface area contributed by atoms with Crippen LogP contribution in [0.1, 0.15) is 5.56 Å². The highest BCUT2D eigenvalue weighted by atomic mass is 35.5. The third kappa shape index (κ3) is 4.78. The van der Waals surface area contributed by atoms with Gasteiger partial charge >= 0.3 is 0 Å².